The summed E-state index contributed by atoms with van der Waals surface area (Å²) in [6.45, 7) is 8.27. The van der Waals surface area contributed by atoms with E-state index in [2.05, 4.69) is 50.3 Å². The Labute approximate surface area is 113 Å². The van der Waals surface area contributed by atoms with E-state index in [-0.39, 0.29) is 0 Å². The van der Waals surface area contributed by atoms with Crippen LogP contribution in [0.3, 0.4) is 0 Å². The van der Waals surface area contributed by atoms with E-state index in [9.17, 15) is 0 Å². The molecule has 100 valence electrons. The maximum Gasteiger partial charge on any atom is 0.0863 e. The molecule has 0 spiro atoms. The third kappa shape index (κ3) is 2.86. The van der Waals surface area contributed by atoms with Gasteiger partial charge in [-0.1, -0.05) is 68.4 Å². The highest BCUT2D eigenvalue weighted by Crippen LogP contribution is 2.38. The van der Waals surface area contributed by atoms with Crippen LogP contribution in [0, 0.1) is 0 Å². The van der Waals surface area contributed by atoms with Crippen molar-refractivity contribution in [2.24, 2.45) is 0 Å². The second-order valence-electron chi connectivity index (χ2n) is 6.03. The number of hydrogen-bond donors (Lipinski definition) is 0. The van der Waals surface area contributed by atoms with Crippen molar-refractivity contribution in [1.82, 2.24) is 0 Å². The van der Waals surface area contributed by atoms with Crippen molar-refractivity contribution in [3.8, 4) is 0 Å². The van der Waals surface area contributed by atoms with E-state index in [1.54, 1.807) is 5.19 Å². The summed E-state index contributed by atoms with van der Waals surface area (Å²) in [7, 11) is -1.38. The lowest BCUT2D eigenvalue weighted by Crippen LogP contribution is -2.48. The normalized spacial score (nSPS) is 24.4. The summed E-state index contributed by atoms with van der Waals surface area (Å²) in [4.78, 5) is 0. The molecule has 0 amide bonds. The molecule has 0 unspecified atom stereocenters. The largest absolute Gasteiger partial charge is 0.378 e. The summed E-state index contributed by atoms with van der Waals surface area (Å²) < 4.78 is 6.01. The van der Waals surface area contributed by atoms with E-state index >= 15 is 0 Å². The Morgan fingerprint density at radius 3 is 2.61 bits per heavy atom. The molecule has 0 aliphatic carbocycles. The molecule has 0 N–H and O–H groups in total. The van der Waals surface area contributed by atoms with Crippen molar-refractivity contribution < 1.29 is 4.74 Å². The van der Waals surface area contributed by atoms with E-state index in [0.29, 0.717) is 6.10 Å². The molecule has 1 aromatic rings. The fourth-order valence-electron chi connectivity index (χ4n) is 3.25. The Morgan fingerprint density at radius 1 is 1.22 bits per heavy atom. The molecule has 0 radical (unpaired) electrons. The maximum absolute atomic E-state index is 6.01. The quantitative estimate of drug-likeness (QED) is 0.730. The van der Waals surface area contributed by atoms with Gasteiger partial charge in [0, 0.05) is 6.61 Å². The highest BCUT2D eigenvalue weighted by molar-refractivity contribution is 6.91. The average molecular weight is 262 g/mol. The zero-order valence-corrected chi connectivity index (χ0v) is 13.0. The van der Waals surface area contributed by atoms with Crippen LogP contribution in [0.25, 0.3) is 0 Å². The number of ether oxygens (including phenoxy) is 1. The van der Waals surface area contributed by atoms with Gasteiger partial charge in [-0.3, -0.25) is 0 Å². The first-order valence-corrected chi connectivity index (χ1v) is 10.4. The lowest BCUT2D eigenvalue weighted by atomic mass is 10.1. The maximum atomic E-state index is 6.01. The van der Waals surface area contributed by atoms with Gasteiger partial charge in [-0.2, -0.15) is 0 Å². The molecule has 1 saturated heterocycles. The van der Waals surface area contributed by atoms with Gasteiger partial charge < -0.3 is 4.74 Å². The van der Waals surface area contributed by atoms with Crippen LogP contribution in [0.2, 0.25) is 18.6 Å². The van der Waals surface area contributed by atoms with Crippen LogP contribution >= 0.6 is 0 Å². The highest BCUT2D eigenvalue weighted by atomic mass is 28.3. The smallest absolute Gasteiger partial charge is 0.0863 e. The van der Waals surface area contributed by atoms with Gasteiger partial charge in [0.15, 0.2) is 0 Å². The molecule has 1 aromatic carbocycles. The van der Waals surface area contributed by atoms with Gasteiger partial charge in [-0.25, -0.2) is 0 Å². The topological polar surface area (TPSA) is 9.23 Å². The zero-order chi connectivity index (χ0) is 13.0. The minimum absolute atomic E-state index is 0.520. The first kappa shape index (κ1) is 13.8. The van der Waals surface area contributed by atoms with Gasteiger partial charge in [-0.15, -0.1) is 0 Å². The Morgan fingerprint density at radius 2 is 1.94 bits per heavy atom. The van der Waals surface area contributed by atoms with Crippen molar-refractivity contribution in [2.45, 2.75) is 57.3 Å². The second-order valence-corrected chi connectivity index (χ2v) is 10.8. The first-order valence-electron chi connectivity index (χ1n) is 7.33. The molecule has 1 nitrogen and oxygen atoms in total. The lowest BCUT2D eigenvalue weighted by Gasteiger charge is -2.33. The number of rotatable bonds is 5. The number of hydrogen-bond acceptors (Lipinski definition) is 1. The lowest BCUT2D eigenvalue weighted by molar-refractivity contribution is 0.102. The van der Waals surface area contributed by atoms with Crippen LogP contribution in [-0.4, -0.2) is 20.8 Å². The van der Waals surface area contributed by atoms with Gasteiger partial charge in [0.2, 0.25) is 0 Å². The number of unbranched alkanes of at least 4 members (excludes halogenated alkanes) is 1. The van der Waals surface area contributed by atoms with Crippen LogP contribution in [0.15, 0.2) is 30.3 Å². The molecule has 2 rings (SSSR count). The molecular weight excluding hydrogens is 236 g/mol. The Bertz CT molecular complexity index is 361. The van der Waals surface area contributed by atoms with Gasteiger partial charge >= 0.3 is 0 Å². The summed E-state index contributed by atoms with van der Waals surface area (Å²) in [6.07, 6.45) is 5.62. The Balaban J connectivity index is 2.13. The van der Waals surface area contributed by atoms with Crippen LogP contribution in [0.1, 0.15) is 32.6 Å². The molecule has 0 aromatic heterocycles. The van der Waals surface area contributed by atoms with Crippen LogP contribution < -0.4 is 5.19 Å². The SMILES string of the molecule is CCCC[C@@H]1OCC[C@H]1[Si](C)(C)c1ccccc1. The average Bonchev–Trinajstić information content (AvgIpc) is 2.86. The summed E-state index contributed by atoms with van der Waals surface area (Å²) in [5.74, 6) is 0. The second kappa shape index (κ2) is 6.03. The van der Waals surface area contributed by atoms with E-state index in [4.69, 9.17) is 4.74 Å². The summed E-state index contributed by atoms with van der Waals surface area (Å²) in [5.41, 5.74) is 0.798. The van der Waals surface area contributed by atoms with Crippen molar-refractivity contribution in [1.29, 1.82) is 0 Å². The summed E-state index contributed by atoms with van der Waals surface area (Å²) >= 11 is 0. The molecule has 1 aliphatic heterocycles. The fourth-order valence-corrected chi connectivity index (χ4v) is 6.76. The predicted molar refractivity (Wildman–Crippen MR) is 81.2 cm³/mol. The van der Waals surface area contributed by atoms with E-state index in [0.717, 1.165) is 12.1 Å². The van der Waals surface area contributed by atoms with Crippen molar-refractivity contribution >= 4 is 13.3 Å². The van der Waals surface area contributed by atoms with Gasteiger partial charge in [0.05, 0.1) is 14.2 Å². The fraction of sp³-hybridized carbons (Fsp3) is 0.625. The minimum atomic E-state index is -1.38. The highest BCUT2D eigenvalue weighted by Gasteiger charge is 2.41. The number of benzene rings is 1. The molecule has 1 fully saturated rings. The van der Waals surface area contributed by atoms with Gasteiger partial charge in [0.1, 0.15) is 0 Å². The van der Waals surface area contributed by atoms with E-state index < -0.39 is 8.07 Å². The van der Waals surface area contributed by atoms with E-state index in [1.807, 2.05) is 0 Å². The molecule has 1 aliphatic rings. The molecule has 0 saturated carbocycles. The van der Waals surface area contributed by atoms with E-state index in [1.165, 1.54) is 25.7 Å². The van der Waals surface area contributed by atoms with Crippen molar-refractivity contribution in [2.75, 3.05) is 6.61 Å². The summed E-state index contributed by atoms with van der Waals surface area (Å²) in [5, 5.41) is 1.59. The van der Waals surface area contributed by atoms with Crippen LogP contribution in [0.4, 0.5) is 0 Å². The monoisotopic (exact) mass is 262 g/mol. The molecular formula is C16H26OSi. The Hall–Kier alpha value is -0.603. The molecule has 2 heteroatoms. The first-order chi connectivity index (χ1) is 8.66. The predicted octanol–water partition coefficient (Wildman–Crippen LogP) is 3.95. The molecule has 0 bridgehead atoms. The Kier molecular flexibility index (Phi) is 4.63. The standard InChI is InChI=1S/C16H26OSi/c1-4-5-11-15-16(12-13-17-15)18(2,3)14-9-7-6-8-10-14/h6-10,15-16H,4-5,11-13H2,1-3H3/t15-,16+/m0/s1. The molecule has 18 heavy (non-hydrogen) atoms. The third-order valence-electron chi connectivity index (χ3n) is 4.50. The third-order valence-corrected chi connectivity index (χ3v) is 8.83. The zero-order valence-electron chi connectivity index (χ0n) is 12.0. The molecule has 2 atom stereocenters. The van der Waals surface area contributed by atoms with Crippen molar-refractivity contribution in [3.05, 3.63) is 30.3 Å². The van der Waals surface area contributed by atoms with Crippen LogP contribution in [0.5, 0.6) is 0 Å². The molecule has 1 heterocycles. The van der Waals surface area contributed by atoms with Gasteiger partial charge in [-0.05, 0) is 18.4 Å². The minimum Gasteiger partial charge on any atom is -0.378 e. The van der Waals surface area contributed by atoms with Crippen LogP contribution in [-0.2, 0) is 4.74 Å². The summed E-state index contributed by atoms with van der Waals surface area (Å²) in [6, 6.07) is 11.1. The van der Waals surface area contributed by atoms with Crippen molar-refractivity contribution in [3.63, 3.8) is 0 Å². The van der Waals surface area contributed by atoms with Gasteiger partial charge in [0.25, 0.3) is 0 Å².